The van der Waals surface area contributed by atoms with Crippen LogP contribution >= 0.6 is 0 Å². The number of nitrogens with one attached hydrogen (secondary N) is 2. The third-order valence-corrected chi connectivity index (χ3v) is 4.15. The summed E-state index contributed by atoms with van der Waals surface area (Å²) in [6.45, 7) is 2.63. The summed E-state index contributed by atoms with van der Waals surface area (Å²) in [7, 11) is 0. The normalized spacial score (nSPS) is 17.9. The van der Waals surface area contributed by atoms with Crippen molar-refractivity contribution in [2.24, 2.45) is 0 Å². The Morgan fingerprint density at radius 2 is 1.95 bits per heavy atom. The molecule has 22 heavy (non-hydrogen) atoms. The molecular formula is C17H16N4O. The van der Waals surface area contributed by atoms with Crippen LogP contribution in [0.15, 0.2) is 36.5 Å². The zero-order valence-electron chi connectivity index (χ0n) is 12.3. The Kier molecular flexibility index (Phi) is 2.92. The fourth-order valence-electron chi connectivity index (χ4n) is 3.02. The number of aromatic amines is 1. The maximum Gasteiger partial charge on any atom is 0.220 e. The molecule has 2 aromatic heterocycles. The molecule has 1 unspecified atom stereocenters. The van der Waals surface area contributed by atoms with Gasteiger partial charge in [0.1, 0.15) is 5.82 Å². The number of amides is 1. The molecule has 0 saturated carbocycles. The average molecular weight is 292 g/mol. The predicted octanol–water partition coefficient (Wildman–Crippen LogP) is 2.54. The van der Waals surface area contributed by atoms with E-state index in [2.05, 4.69) is 44.5 Å². The second-order valence-electron chi connectivity index (χ2n) is 5.68. The van der Waals surface area contributed by atoms with Crippen LogP contribution in [0.4, 0.5) is 0 Å². The summed E-state index contributed by atoms with van der Waals surface area (Å²) < 4.78 is 0. The average Bonchev–Trinajstić information content (AvgIpc) is 3.15. The number of hydrogen-bond acceptors (Lipinski definition) is 3. The molecule has 1 fully saturated rings. The number of aromatic nitrogens is 3. The van der Waals surface area contributed by atoms with Gasteiger partial charge >= 0.3 is 0 Å². The van der Waals surface area contributed by atoms with E-state index in [-0.39, 0.29) is 11.8 Å². The summed E-state index contributed by atoms with van der Waals surface area (Å²) in [5.41, 5.74) is 5.04. The Labute approximate surface area is 127 Å². The molecule has 3 heterocycles. The molecule has 0 spiro atoms. The van der Waals surface area contributed by atoms with Gasteiger partial charge in [-0.25, -0.2) is 9.97 Å². The van der Waals surface area contributed by atoms with E-state index in [4.69, 9.17) is 0 Å². The van der Waals surface area contributed by atoms with Gasteiger partial charge in [0.25, 0.3) is 0 Å². The number of H-pyrrole nitrogens is 1. The van der Waals surface area contributed by atoms with Gasteiger partial charge in [0.05, 0.1) is 16.7 Å². The van der Waals surface area contributed by atoms with Crippen LogP contribution in [-0.4, -0.2) is 27.4 Å². The molecule has 1 saturated heterocycles. The topological polar surface area (TPSA) is 70.7 Å². The minimum atomic E-state index is 0.133. The van der Waals surface area contributed by atoms with Gasteiger partial charge in [-0.05, 0) is 18.6 Å². The largest absolute Gasteiger partial charge is 0.358 e. The summed E-state index contributed by atoms with van der Waals surface area (Å²) in [4.78, 5) is 23.5. The van der Waals surface area contributed by atoms with Crippen LogP contribution in [0.25, 0.3) is 22.3 Å². The van der Waals surface area contributed by atoms with Gasteiger partial charge in [0, 0.05) is 30.6 Å². The van der Waals surface area contributed by atoms with Crippen molar-refractivity contribution in [3.63, 3.8) is 0 Å². The predicted molar refractivity (Wildman–Crippen MR) is 84.4 cm³/mol. The molecule has 3 aromatic rings. The molecule has 1 atom stereocenters. The van der Waals surface area contributed by atoms with Crippen molar-refractivity contribution < 1.29 is 4.79 Å². The first kappa shape index (κ1) is 13.0. The first-order valence-corrected chi connectivity index (χ1v) is 7.39. The second-order valence-corrected chi connectivity index (χ2v) is 5.68. The third kappa shape index (κ3) is 2.15. The second kappa shape index (κ2) is 4.94. The highest BCUT2D eigenvalue weighted by atomic mass is 16.1. The summed E-state index contributed by atoms with van der Waals surface area (Å²) in [5.74, 6) is 1.17. The Hall–Kier alpha value is -2.69. The third-order valence-electron chi connectivity index (χ3n) is 4.15. The summed E-state index contributed by atoms with van der Waals surface area (Å²) >= 11 is 0. The van der Waals surface area contributed by atoms with Crippen molar-refractivity contribution in [2.45, 2.75) is 19.3 Å². The molecule has 1 aromatic carbocycles. The summed E-state index contributed by atoms with van der Waals surface area (Å²) in [6, 6.07) is 10.3. The Morgan fingerprint density at radius 3 is 2.68 bits per heavy atom. The smallest absolute Gasteiger partial charge is 0.220 e. The van der Waals surface area contributed by atoms with Gasteiger partial charge in [-0.2, -0.15) is 0 Å². The molecular weight excluding hydrogens is 276 g/mol. The van der Waals surface area contributed by atoms with Crippen LogP contribution in [-0.2, 0) is 4.79 Å². The number of rotatable bonds is 2. The molecule has 0 bridgehead atoms. The van der Waals surface area contributed by atoms with E-state index in [0.29, 0.717) is 6.42 Å². The lowest BCUT2D eigenvalue weighted by Crippen LogP contribution is -2.13. The zero-order chi connectivity index (χ0) is 15.1. The molecule has 1 amide bonds. The zero-order valence-corrected chi connectivity index (χ0v) is 12.3. The van der Waals surface area contributed by atoms with E-state index in [1.807, 2.05) is 19.2 Å². The molecule has 5 nitrogen and oxygen atoms in total. The Bertz CT molecular complexity index is 851. The highest BCUT2D eigenvalue weighted by Crippen LogP contribution is 2.28. The number of hydrogen-bond donors (Lipinski definition) is 2. The molecule has 2 N–H and O–H groups in total. The van der Waals surface area contributed by atoms with Crippen LogP contribution in [0.5, 0.6) is 0 Å². The van der Waals surface area contributed by atoms with Gasteiger partial charge in [0.2, 0.25) is 5.91 Å². The molecule has 0 aliphatic carbocycles. The van der Waals surface area contributed by atoms with Gasteiger partial charge in [0.15, 0.2) is 0 Å². The number of benzene rings is 1. The molecule has 110 valence electrons. The van der Waals surface area contributed by atoms with Crippen molar-refractivity contribution >= 4 is 16.9 Å². The maximum atomic E-state index is 11.3. The molecule has 1 aliphatic rings. The van der Waals surface area contributed by atoms with Crippen molar-refractivity contribution in [1.29, 1.82) is 0 Å². The van der Waals surface area contributed by atoms with Crippen LogP contribution < -0.4 is 5.32 Å². The lowest BCUT2D eigenvalue weighted by Gasteiger charge is -2.09. The van der Waals surface area contributed by atoms with Gasteiger partial charge in [-0.3, -0.25) is 4.79 Å². The van der Waals surface area contributed by atoms with E-state index in [1.165, 1.54) is 5.56 Å². The highest BCUT2D eigenvalue weighted by Gasteiger charge is 2.22. The van der Waals surface area contributed by atoms with E-state index >= 15 is 0 Å². The van der Waals surface area contributed by atoms with Crippen LogP contribution in [0.3, 0.4) is 0 Å². The fraction of sp³-hybridized carbons (Fsp3) is 0.235. The van der Waals surface area contributed by atoms with Crippen LogP contribution in [0, 0.1) is 6.92 Å². The van der Waals surface area contributed by atoms with E-state index < -0.39 is 0 Å². The lowest BCUT2D eigenvalue weighted by molar-refractivity contribution is -0.119. The molecule has 0 radical (unpaired) electrons. The first-order chi connectivity index (χ1) is 10.7. The van der Waals surface area contributed by atoms with Crippen LogP contribution in [0.1, 0.15) is 23.7 Å². The van der Waals surface area contributed by atoms with Crippen molar-refractivity contribution in [3.05, 3.63) is 47.9 Å². The maximum absolute atomic E-state index is 11.3. The Morgan fingerprint density at radius 1 is 1.14 bits per heavy atom. The summed E-state index contributed by atoms with van der Waals surface area (Å²) in [5, 5.41) is 2.88. The SMILES string of the molecule is Cc1nc(-c2ccc(C3CNC(=O)C3)cc2)c2[nH]ccc2n1. The number of carbonyl (C=O) groups excluding carboxylic acids is 1. The first-order valence-electron chi connectivity index (χ1n) is 7.39. The minimum Gasteiger partial charge on any atom is -0.358 e. The number of aryl methyl sites for hydroxylation is 1. The minimum absolute atomic E-state index is 0.133. The quantitative estimate of drug-likeness (QED) is 0.762. The molecule has 5 heteroatoms. The van der Waals surface area contributed by atoms with E-state index in [1.54, 1.807) is 0 Å². The highest BCUT2D eigenvalue weighted by molar-refractivity contribution is 5.89. The molecule has 4 rings (SSSR count). The number of nitrogens with zero attached hydrogens (tertiary/aromatic N) is 2. The van der Waals surface area contributed by atoms with Crippen LogP contribution in [0.2, 0.25) is 0 Å². The standard InChI is InChI=1S/C17H16N4O/c1-10-20-14-6-7-18-17(14)16(21-10)12-4-2-11(3-5-12)13-8-15(22)19-9-13/h2-7,13,18H,8-9H2,1H3,(H,19,22). The monoisotopic (exact) mass is 292 g/mol. The van der Waals surface area contributed by atoms with Crippen molar-refractivity contribution in [3.8, 4) is 11.3 Å². The van der Waals surface area contributed by atoms with Gasteiger partial charge in [-0.15, -0.1) is 0 Å². The van der Waals surface area contributed by atoms with Crippen molar-refractivity contribution in [2.75, 3.05) is 6.54 Å². The van der Waals surface area contributed by atoms with Gasteiger partial charge in [-0.1, -0.05) is 24.3 Å². The number of fused-ring (bicyclic) bond motifs is 1. The Balaban J connectivity index is 1.73. The summed E-state index contributed by atoms with van der Waals surface area (Å²) in [6.07, 6.45) is 2.46. The fourth-order valence-corrected chi connectivity index (χ4v) is 3.02. The van der Waals surface area contributed by atoms with E-state index in [0.717, 1.165) is 34.7 Å². The van der Waals surface area contributed by atoms with Crippen molar-refractivity contribution in [1.82, 2.24) is 20.3 Å². The lowest BCUT2D eigenvalue weighted by atomic mass is 9.96. The van der Waals surface area contributed by atoms with E-state index in [9.17, 15) is 4.79 Å². The number of carbonyl (C=O) groups is 1. The van der Waals surface area contributed by atoms with Gasteiger partial charge < -0.3 is 10.3 Å². The molecule has 1 aliphatic heterocycles.